The highest BCUT2D eigenvalue weighted by atomic mass is 19.4. The third-order valence-corrected chi connectivity index (χ3v) is 7.00. The Hall–Kier alpha value is -3.30. The van der Waals surface area contributed by atoms with Crippen molar-refractivity contribution in [3.05, 3.63) is 76.4 Å². The maximum atomic E-state index is 15.7. The zero-order valence-corrected chi connectivity index (χ0v) is 18.5. The highest BCUT2D eigenvalue weighted by Gasteiger charge is 2.61. The zero-order chi connectivity index (χ0) is 24.5. The summed E-state index contributed by atoms with van der Waals surface area (Å²) in [6.07, 6.45) is -2.38. The Balaban J connectivity index is 1.55. The first-order valence-electron chi connectivity index (χ1n) is 10.8. The van der Waals surface area contributed by atoms with Gasteiger partial charge in [0.25, 0.3) is 5.91 Å². The molecule has 0 saturated heterocycles. The molecule has 0 radical (unpaired) electrons. The van der Waals surface area contributed by atoms with Gasteiger partial charge in [-0.05, 0) is 60.7 Å². The van der Waals surface area contributed by atoms with Crippen LogP contribution in [-0.4, -0.2) is 20.7 Å². The van der Waals surface area contributed by atoms with E-state index >= 15 is 8.78 Å². The Labute approximate surface area is 192 Å². The summed E-state index contributed by atoms with van der Waals surface area (Å²) in [5, 5.41) is 7.22. The molecule has 0 unspecified atom stereocenters. The van der Waals surface area contributed by atoms with Crippen LogP contribution in [0.25, 0.3) is 0 Å². The molecule has 1 aromatic heterocycles. The number of benzene rings is 2. The van der Waals surface area contributed by atoms with Gasteiger partial charge in [-0.15, -0.1) is 10.2 Å². The lowest BCUT2D eigenvalue weighted by atomic mass is 9.60. The number of carbonyl (C=O) groups is 1. The molecule has 2 heterocycles. The summed E-state index contributed by atoms with van der Waals surface area (Å²) in [6, 6.07) is 8.65. The molecule has 0 atom stereocenters. The first-order chi connectivity index (χ1) is 16.0. The van der Waals surface area contributed by atoms with Gasteiger partial charge in [-0.25, -0.2) is 0 Å². The quantitative estimate of drug-likeness (QED) is 0.466. The largest absolute Gasteiger partial charge is 0.416 e. The van der Waals surface area contributed by atoms with Crippen molar-refractivity contribution in [2.45, 2.75) is 50.2 Å². The van der Waals surface area contributed by atoms with Gasteiger partial charge >= 0.3 is 12.1 Å². The second-order valence-electron chi connectivity index (χ2n) is 9.05. The number of halogens is 5. The Bertz CT molecular complexity index is 1290. The Morgan fingerprint density at radius 2 is 1.79 bits per heavy atom. The van der Waals surface area contributed by atoms with Crippen LogP contribution in [0, 0.1) is 6.92 Å². The summed E-state index contributed by atoms with van der Waals surface area (Å²) in [4.78, 5) is 14.3. The summed E-state index contributed by atoms with van der Waals surface area (Å²) in [5.74, 6) is -4.36. The molecule has 5 nitrogen and oxygen atoms in total. The monoisotopic (exact) mass is 476 g/mol. The molecular weight excluding hydrogens is 455 g/mol. The van der Waals surface area contributed by atoms with E-state index in [4.69, 9.17) is 0 Å². The molecule has 1 amide bonds. The van der Waals surface area contributed by atoms with E-state index < -0.39 is 34.8 Å². The van der Waals surface area contributed by atoms with E-state index in [1.54, 1.807) is 18.2 Å². The van der Waals surface area contributed by atoms with Crippen LogP contribution in [0.4, 0.5) is 27.6 Å². The van der Waals surface area contributed by atoms with Crippen molar-refractivity contribution in [2.24, 2.45) is 7.05 Å². The number of nitrogens with zero attached hydrogens (tertiary/aromatic N) is 4. The van der Waals surface area contributed by atoms with Crippen molar-refractivity contribution >= 4 is 11.6 Å². The SMILES string of the molecule is Cc1cc2c(c(C(F)(F)F)c1)CN(c1cccc(C3(C(F)(F)c4nncn4C)CCC3)c1)C2=O. The second-order valence-corrected chi connectivity index (χ2v) is 9.05. The van der Waals surface area contributed by atoms with Crippen LogP contribution < -0.4 is 4.90 Å². The minimum atomic E-state index is -4.61. The second kappa shape index (κ2) is 7.35. The van der Waals surface area contributed by atoms with Crippen molar-refractivity contribution in [1.82, 2.24) is 14.8 Å². The highest BCUT2D eigenvalue weighted by Crippen LogP contribution is 2.58. The molecule has 2 aromatic carbocycles. The maximum absolute atomic E-state index is 15.7. The van der Waals surface area contributed by atoms with Crippen LogP contribution >= 0.6 is 0 Å². The third kappa shape index (κ3) is 3.14. The fourth-order valence-electron chi connectivity index (χ4n) is 5.08. The average molecular weight is 476 g/mol. The Morgan fingerprint density at radius 1 is 1.06 bits per heavy atom. The number of aryl methyl sites for hydroxylation is 2. The molecule has 178 valence electrons. The molecule has 34 heavy (non-hydrogen) atoms. The van der Waals surface area contributed by atoms with E-state index in [1.807, 2.05) is 0 Å². The number of fused-ring (bicyclic) bond motifs is 1. The van der Waals surface area contributed by atoms with Gasteiger partial charge < -0.3 is 9.47 Å². The molecule has 0 spiro atoms. The summed E-state index contributed by atoms with van der Waals surface area (Å²) < 4.78 is 73.5. The number of hydrogen-bond acceptors (Lipinski definition) is 3. The van der Waals surface area contributed by atoms with Crippen LogP contribution in [0.2, 0.25) is 0 Å². The van der Waals surface area contributed by atoms with Gasteiger partial charge in [0.05, 0.1) is 17.5 Å². The number of alkyl halides is 5. The minimum absolute atomic E-state index is 0.0134. The first-order valence-corrected chi connectivity index (χ1v) is 10.8. The Morgan fingerprint density at radius 3 is 2.38 bits per heavy atom. The molecule has 10 heteroatoms. The van der Waals surface area contributed by atoms with Crippen LogP contribution in [0.3, 0.4) is 0 Å². The summed E-state index contributed by atoms with van der Waals surface area (Å²) in [5.41, 5.74) is -1.57. The van der Waals surface area contributed by atoms with Crippen LogP contribution in [-0.2, 0) is 31.1 Å². The van der Waals surface area contributed by atoms with Gasteiger partial charge in [0.15, 0.2) is 0 Å². The number of amides is 1. The molecule has 3 aromatic rings. The Kier molecular flexibility index (Phi) is 4.86. The fraction of sp³-hybridized carbons (Fsp3) is 0.375. The molecule has 0 bridgehead atoms. The van der Waals surface area contributed by atoms with Crippen molar-refractivity contribution in [1.29, 1.82) is 0 Å². The first kappa shape index (κ1) is 22.5. The molecule has 0 N–H and O–H groups in total. The normalized spacial score (nSPS) is 17.6. The van der Waals surface area contributed by atoms with E-state index in [-0.39, 0.29) is 36.2 Å². The lowest BCUT2D eigenvalue weighted by molar-refractivity contribution is -0.138. The lowest BCUT2D eigenvalue weighted by Gasteiger charge is -2.47. The number of anilines is 1. The lowest BCUT2D eigenvalue weighted by Crippen LogP contribution is -2.50. The van der Waals surface area contributed by atoms with E-state index in [0.29, 0.717) is 17.5 Å². The van der Waals surface area contributed by atoms with Crippen LogP contribution in [0.1, 0.15) is 57.7 Å². The predicted molar refractivity (Wildman–Crippen MR) is 114 cm³/mol. The number of carbonyl (C=O) groups excluding carboxylic acids is 1. The zero-order valence-electron chi connectivity index (χ0n) is 18.5. The average Bonchev–Trinajstić information content (AvgIpc) is 3.30. The fourth-order valence-corrected chi connectivity index (χ4v) is 5.08. The number of aromatic nitrogens is 3. The molecule has 1 aliphatic heterocycles. The smallest absolute Gasteiger partial charge is 0.316 e. The number of hydrogen-bond donors (Lipinski definition) is 0. The molecule has 1 aliphatic carbocycles. The van der Waals surface area contributed by atoms with E-state index in [2.05, 4.69) is 10.2 Å². The van der Waals surface area contributed by atoms with E-state index in [1.165, 1.54) is 41.9 Å². The van der Waals surface area contributed by atoms with Crippen molar-refractivity contribution in [3.63, 3.8) is 0 Å². The van der Waals surface area contributed by atoms with Gasteiger partial charge in [0.2, 0.25) is 5.82 Å². The van der Waals surface area contributed by atoms with Crippen molar-refractivity contribution in [2.75, 3.05) is 4.90 Å². The highest BCUT2D eigenvalue weighted by molar-refractivity contribution is 6.10. The summed E-state index contributed by atoms with van der Waals surface area (Å²) >= 11 is 0. The summed E-state index contributed by atoms with van der Waals surface area (Å²) in [6.45, 7) is 1.22. The van der Waals surface area contributed by atoms with Gasteiger partial charge in [-0.1, -0.05) is 18.6 Å². The van der Waals surface area contributed by atoms with Gasteiger partial charge in [0.1, 0.15) is 6.33 Å². The van der Waals surface area contributed by atoms with E-state index in [0.717, 1.165) is 6.07 Å². The van der Waals surface area contributed by atoms with Crippen molar-refractivity contribution in [3.8, 4) is 0 Å². The van der Waals surface area contributed by atoms with Gasteiger partial charge in [0, 0.05) is 18.3 Å². The standard InChI is InChI=1S/C24H21F5N4O/c1-14-9-17-18(19(10-14)24(27,28)29)12-33(20(17)34)16-6-3-5-15(11-16)22(7-4-8-22)23(25,26)21-31-30-13-32(21)2/h3,5-6,9-11,13H,4,7-8,12H2,1-2H3. The van der Waals surface area contributed by atoms with Gasteiger partial charge in [-0.3, -0.25) is 4.79 Å². The molecule has 1 saturated carbocycles. The van der Waals surface area contributed by atoms with Crippen LogP contribution in [0.5, 0.6) is 0 Å². The molecular formula is C24H21F5N4O. The molecule has 2 aliphatic rings. The minimum Gasteiger partial charge on any atom is -0.316 e. The van der Waals surface area contributed by atoms with Gasteiger partial charge in [-0.2, -0.15) is 22.0 Å². The van der Waals surface area contributed by atoms with Crippen molar-refractivity contribution < 1.29 is 26.7 Å². The third-order valence-electron chi connectivity index (χ3n) is 7.00. The summed E-state index contributed by atoms with van der Waals surface area (Å²) in [7, 11) is 1.45. The maximum Gasteiger partial charge on any atom is 0.416 e. The van der Waals surface area contributed by atoms with E-state index in [9.17, 15) is 18.0 Å². The topological polar surface area (TPSA) is 51.0 Å². The van der Waals surface area contributed by atoms with Crippen LogP contribution in [0.15, 0.2) is 42.7 Å². The predicted octanol–water partition coefficient (Wildman–Crippen LogP) is 5.52. The number of rotatable bonds is 4. The molecule has 1 fully saturated rings. The molecule has 5 rings (SSSR count).